The summed E-state index contributed by atoms with van der Waals surface area (Å²) in [6.45, 7) is 0.890. The van der Waals surface area contributed by atoms with Crippen molar-refractivity contribution >= 4 is 12.0 Å². The van der Waals surface area contributed by atoms with Gasteiger partial charge >= 0.3 is 5.97 Å². The second-order valence-corrected chi connectivity index (χ2v) is 10.5. The molecule has 2 fully saturated rings. The Balaban J connectivity index is 1.45. The fourth-order valence-corrected chi connectivity index (χ4v) is 4.64. The Labute approximate surface area is 251 Å². The number of phenols is 4. The van der Waals surface area contributed by atoms with Gasteiger partial charge in [0.15, 0.2) is 41.7 Å². The van der Waals surface area contributed by atoms with Crippen LogP contribution in [0.3, 0.4) is 0 Å². The largest absolute Gasteiger partial charge is 0.504 e. The molecule has 44 heavy (non-hydrogen) atoms. The fraction of sp³-hybridized carbons (Fsp3) is 0.483. The molecule has 4 rings (SSSR count). The average molecular weight is 625 g/mol. The summed E-state index contributed by atoms with van der Waals surface area (Å²) in [5.41, 5.74) is 0.919. The molecule has 10 atom stereocenters. The highest BCUT2D eigenvalue weighted by Crippen LogP contribution is 2.29. The summed E-state index contributed by atoms with van der Waals surface area (Å²) in [7, 11) is 0. The van der Waals surface area contributed by atoms with Crippen LogP contribution in [0.4, 0.5) is 0 Å². The van der Waals surface area contributed by atoms with Gasteiger partial charge in [0, 0.05) is 6.08 Å². The summed E-state index contributed by atoms with van der Waals surface area (Å²) in [5.74, 6) is -2.38. The van der Waals surface area contributed by atoms with Crippen LogP contribution < -0.4 is 0 Å². The topological polar surface area (TPSA) is 245 Å². The molecular weight excluding hydrogens is 588 g/mol. The lowest BCUT2D eigenvalue weighted by molar-refractivity contribution is -0.328. The first-order valence-electron chi connectivity index (χ1n) is 13.7. The number of carbonyl (C=O) groups is 1. The lowest BCUT2D eigenvalue weighted by Gasteiger charge is -2.43. The first-order valence-corrected chi connectivity index (χ1v) is 13.7. The molecule has 0 radical (unpaired) electrons. The van der Waals surface area contributed by atoms with Gasteiger partial charge in [0.2, 0.25) is 0 Å². The van der Waals surface area contributed by atoms with Crippen LogP contribution in [0, 0.1) is 0 Å². The Morgan fingerprint density at radius 2 is 1.45 bits per heavy atom. The molecular formula is C29H36O15. The number of rotatable bonds is 10. The van der Waals surface area contributed by atoms with Gasteiger partial charge in [-0.3, -0.25) is 0 Å². The van der Waals surface area contributed by atoms with Crippen LogP contribution in [-0.4, -0.2) is 127 Å². The van der Waals surface area contributed by atoms with Gasteiger partial charge in [-0.2, -0.15) is 0 Å². The summed E-state index contributed by atoms with van der Waals surface area (Å²) in [6, 6.07) is 8.00. The molecule has 2 aromatic carbocycles. The number of benzene rings is 2. The molecule has 0 unspecified atom stereocenters. The predicted octanol–water partition coefficient (Wildman–Crippen LogP) is -1.02. The lowest BCUT2D eigenvalue weighted by atomic mass is 9.98. The molecule has 242 valence electrons. The number of hydrogen-bond acceptors (Lipinski definition) is 15. The van der Waals surface area contributed by atoms with Gasteiger partial charge in [0.1, 0.15) is 36.6 Å². The van der Waals surface area contributed by atoms with Crippen LogP contribution in [0.15, 0.2) is 42.5 Å². The summed E-state index contributed by atoms with van der Waals surface area (Å²) in [5, 5.41) is 90.2. The number of aliphatic hydroxyl groups excluding tert-OH is 5. The summed E-state index contributed by atoms with van der Waals surface area (Å²) >= 11 is 0. The van der Waals surface area contributed by atoms with Crippen molar-refractivity contribution in [2.45, 2.75) is 74.8 Å². The van der Waals surface area contributed by atoms with Crippen molar-refractivity contribution in [2.75, 3.05) is 13.2 Å². The summed E-state index contributed by atoms with van der Waals surface area (Å²) < 4.78 is 27.8. The number of aromatic hydroxyl groups is 4. The van der Waals surface area contributed by atoms with Crippen LogP contribution in [0.5, 0.6) is 23.0 Å². The van der Waals surface area contributed by atoms with Crippen molar-refractivity contribution in [3.05, 3.63) is 53.6 Å². The molecule has 2 heterocycles. The normalized spacial score (nSPS) is 32.5. The van der Waals surface area contributed by atoms with Crippen LogP contribution >= 0.6 is 0 Å². The number of carbonyl (C=O) groups excluding carboxylic acids is 1. The minimum absolute atomic E-state index is 0.0893. The molecule has 0 spiro atoms. The average Bonchev–Trinajstić information content (AvgIpc) is 2.99. The maximum absolute atomic E-state index is 12.6. The van der Waals surface area contributed by atoms with E-state index in [4.69, 9.17) is 23.7 Å². The minimum atomic E-state index is -1.75. The third-order valence-electron chi connectivity index (χ3n) is 7.25. The van der Waals surface area contributed by atoms with E-state index in [2.05, 4.69) is 0 Å². The smallest absolute Gasteiger partial charge is 0.331 e. The second kappa shape index (κ2) is 14.5. The Bertz CT molecular complexity index is 1300. The standard InChI is InChI=1S/C29H36O15/c1-13-22(35)24(37)26(39)28(42-13)41-12-20-23(36)25(38)27(44-21(34)7-4-14-2-5-16(30)18(32)10-14)29(43-20)40-9-8-15-3-6-17(31)19(33)11-15/h2-7,10-11,13,20,22-33,35-39H,8-9,12H2,1H3/b7-4+/t13-,20+,22-,23+,24+,25-,26+,27+,28+,29+/m0/s1. The number of phenolic OH excluding ortho intramolecular Hbond substituents is 4. The van der Waals surface area contributed by atoms with E-state index in [9.17, 15) is 50.8 Å². The molecule has 0 saturated carbocycles. The van der Waals surface area contributed by atoms with E-state index in [1.54, 1.807) is 6.07 Å². The zero-order chi connectivity index (χ0) is 32.1. The van der Waals surface area contributed by atoms with E-state index in [1.165, 1.54) is 43.3 Å². The maximum atomic E-state index is 12.6. The molecule has 0 bridgehead atoms. The van der Waals surface area contributed by atoms with Gasteiger partial charge < -0.3 is 69.6 Å². The summed E-state index contributed by atoms with van der Waals surface area (Å²) in [4.78, 5) is 12.6. The summed E-state index contributed by atoms with van der Waals surface area (Å²) in [6.07, 6.45) is -12.1. The van der Waals surface area contributed by atoms with Crippen molar-refractivity contribution < 1.29 is 74.4 Å². The highest BCUT2D eigenvalue weighted by Gasteiger charge is 2.49. The van der Waals surface area contributed by atoms with Crippen molar-refractivity contribution in [3.63, 3.8) is 0 Å². The highest BCUT2D eigenvalue weighted by atomic mass is 16.7. The minimum Gasteiger partial charge on any atom is -0.504 e. The predicted molar refractivity (Wildman–Crippen MR) is 147 cm³/mol. The molecule has 0 aliphatic carbocycles. The first kappa shape index (κ1) is 33.4. The molecule has 2 aliphatic rings. The number of aliphatic hydroxyl groups is 5. The Morgan fingerprint density at radius 3 is 2.14 bits per heavy atom. The third kappa shape index (κ3) is 7.95. The van der Waals surface area contributed by atoms with E-state index in [-0.39, 0.29) is 30.3 Å². The monoisotopic (exact) mass is 624 g/mol. The molecule has 15 heteroatoms. The molecule has 2 saturated heterocycles. The Hall–Kier alpha value is -3.51. The van der Waals surface area contributed by atoms with Crippen LogP contribution in [-0.2, 0) is 34.9 Å². The van der Waals surface area contributed by atoms with Gasteiger partial charge in [0.25, 0.3) is 0 Å². The molecule has 2 aliphatic heterocycles. The zero-order valence-corrected chi connectivity index (χ0v) is 23.5. The SMILES string of the molecule is C[C@@H]1O[C@@H](OC[C@H]2O[C@@H](OCCc3ccc(O)c(O)c3)[C@H](OC(=O)/C=C/c3ccc(O)c(O)c3)[C@@H](O)[C@@H]2O)[C@H](O)[C@H](O)[C@H]1O. The number of esters is 1. The zero-order valence-electron chi connectivity index (χ0n) is 23.5. The van der Waals surface area contributed by atoms with Gasteiger partial charge in [-0.1, -0.05) is 12.1 Å². The van der Waals surface area contributed by atoms with Gasteiger partial charge in [-0.25, -0.2) is 4.79 Å². The van der Waals surface area contributed by atoms with Crippen LogP contribution in [0.25, 0.3) is 6.08 Å². The van der Waals surface area contributed by atoms with Crippen molar-refractivity contribution in [2.24, 2.45) is 0 Å². The van der Waals surface area contributed by atoms with E-state index >= 15 is 0 Å². The van der Waals surface area contributed by atoms with E-state index in [0.29, 0.717) is 11.1 Å². The van der Waals surface area contributed by atoms with E-state index in [0.717, 1.165) is 6.08 Å². The number of hydrogen-bond donors (Lipinski definition) is 9. The Kier molecular flexibility index (Phi) is 11.0. The third-order valence-corrected chi connectivity index (χ3v) is 7.25. The van der Waals surface area contributed by atoms with Gasteiger partial charge in [0.05, 0.1) is 19.3 Å². The molecule has 9 N–H and O–H groups in total. The Morgan fingerprint density at radius 1 is 0.773 bits per heavy atom. The van der Waals surface area contributed by atoms with Crippen LogP contribution in [0.1, 0.15) is 18.1 Å². The van der Waals surface area contributed by atoms with Crippen molar-refractivity contribution in [1.82, 2.24) is 0 Å². The van der Waals surface area contributed by atoms with Crippen molar-refractivity contribution in [1.29, 1.82) is 0 Å². The van der Waals surface area contributed by atoms with Gasteiger partial charge in [-0.15, -0.1) is 0 Å². The van der Waals surface area contributed by atoms with Crippen LogP contribution in [0.2, 0.25) is 0 Å². The quantitative estimate of drug-likeness (QED) is 0.0873. The van der Waals surface area contributed by atoms with E-state index < -0.39 is 79.7 Å². The molecule has 0 amide bonds. The fourth-order valence-electron chi connectivity index (χ4n) is 4.64. The second-order valence-electron chi connectivity index (χ2n) is 10.5. The molecule has 2 aromatic rings. The molecule has 0 aromatic heterocycles. The number of ether oxygens (including phenoxy) is 5. The van der Waals surface area contributed by atoms with Gasteiger partial charge in [-0.05, 0) is 54.8 Å². The van der Waals surface area contributed by atoms with E-state index in [1.807, 2.05) is 0 Å². The maximum Gasteiger partial charge on any atom is 0.331 e. The highest BCUT2D eigenvalue weighted by molar-refractivity contribution is 5.87. The lowest BCUT2D eigenvalue weighted by Crippen LogP contribution is -2.62. The first-order chi connectivity index (χ1) is 20.8. The van der Waals surface area contributed by atoms with Crippen molar-refractivity contribution in [3.8, 4) is 23.0 Å². The molecule has 15 nitrogen and oxygen atoms in total.